The van der Waals surface area contributed by atoms with Gasteiger partial charge >= 0.3 is 0 Å². The van der Waals surface area contributed by atoms with Gasteiger partial charge in [-0.25, -0.2) is 0 Å². The van der Waals surface area contributed by atoms with Crippen LogP contribution in [-0.4, -0.2) is 39.9 Å². The van der Waals surface area contributed by atoms with E-state index in [2.05, 4.69) is 37.2 Å². The number of β-amino-alcohol motifs (C(OH)–C–C–N with tert-alkyl or cyclic N) is 1. The fourth-order valence-corrected chi connectivity index (χ4v) is 2.75. The molecule has 0 fully saturated rings. The van der Waals surface area contributed by atoms with Crippen LogP contribution in [0.4, 0.5) is 11.4 Å². The van der Waals surface area contributed by atoms with Crippen molar-refractivity contribution >= 4 is 55.0 Å². The topological polar surface area (TPSA) is 113 Å². The van der Waals surface area contributed by atoms with Gasteiger partial charge in [0.25, 0.3) is 17.5 Å². The van der Waals surface area contributed by atoms with E-state index in [4.69, 9.17) is 5.11 Å². The predicted molar refractivity (Wildman–Crippen MR) is 84.0 cm³/mol. The summed E-state index contributed by atoms with van der Waals surface area (Å²) in [4.78, 5) is 34.8. The van der Waals surface area contributed by atoms with Crippen LogP contribution in [0.5, 0.6) is 0 Å². The van der Waals surface area contributed by atoms with Gasteiger partial charge in [-0.15, -0.1) is 0 Å². The zero-order chi connectivity index (χ0) is 16.4. The second kappa shape index (κ2) is 6.55. The van der Waals surface area contributed by atoms with Gasteiger partial charge in [-0.05, 0) is 37.9 Å². The van der Waals surface area contributed by atoms with Crippen molar-refractivity contribution in [2.75, 3.05) is 18.5 Å². The zero-order valence-electron chi connectivity index (χ0n) is 10.9. The Morgan fingerprint density at radius 1 is 1.27 bits per heavy atom. The second-order valence-corrected chi connectivity index (χ2v) is 5.95. The van der Waals surface area contributed by atoms with Gasteiger partial charge in [0, 0.05) is 16.6 Å². The fourth-order valence-electron chi connectivity index (χ4n) is 1.83. The highest BCUT2D eigenvalue weighted by Gasteiger charge is 2.31. The molecule has 0 radical (unpaired) electrons. The molecule has 10 heteroatoms. The Balaban J connectivity index is 2.27. The number of nitro groups is 1. The smallest absolute Gasteiger partial charge is 0.284 e. The average Bonchev–Trinajstić information content (AvgIpc) is 2.70. The molecule has 8 nitrogen and oxygen atoms in total. The Hall–Kier alpha value is -1.78. The van der Waals surface area contributed by atoms with E-state index in [1.807, 2.05) is 0 Å². The third kappa shape index (κ3) is 3.18. The average molecular weight is 435 g/mol. The lowest BCUT2D eigenvalue weighted by Gasteiger charge is -2.14. The number of hydrogen-bond donors (Lipinski definition) is 2. The second-order valence-electron chi connectivity index (χ2n) is 4.24. The third-order valence-corrected chi connectivity index (χ3v) is 4.13. The van der Waals surface area contributed by atoms with Crippen LogP contribution in [-0.2, 0) is 9.59 Å². The maximum Gasteiger partial charge on any atom is 0.284 e. The molecule has 116 valence electrons. The molecule has 1 aliphatic heterocycles. The lowest BCUT2D eigenvalue weighted by atomic mass is 10.2. The number of carbonyl (C=O) groups excluding carboxylic acids is 2. The minimum atomic E-state index is -0.569. The van der Waals surface area contributed by atoms with Gasteiger partial charge in [-0.1, -0.05) is 0 Å². The number of aliphatic hydroxyl groups is 1. The third-order valence-electron chi connectivity index (χ3n) is 2.84. The lowest BCUT2D eigenvalue weighted by molar-refractivity contribution is -0.385. The van der Waals surface area contributed by atoms with Crippen LogP contribution in [0.15, 0.2) is 32.9 Å². The number of aliphatic hydroxyl groups excluding tert-OH is 1. The van der Waals surface area contributed by atoms with Crippen LogP contribution in [0.1, 0.15) is 0 Å². The quantitative estimate of drug-likeness (QED) is 0.415. The highest BCUT2D eigenvalue weighted by Crippen LogP contribution is 2.35. The Morgan fingerprint density at radius 2 is 1.95 bits per heavy atom. The first-order valence-electron chi connectivity index (χ1n) is 5.94. The molecule has 0 saturated heterocycles. The predicted octanol–water partition coefficient (Wildman–Crippen LogP) is 1.78. The summed E-state index contributed by atoms with van der Waals surface area (Å²) in [6.45, 7) is -0.421. The van der Waals surface area contributed by atoms with E-state index >= 15 is 0 Å². The molecule has 1 aromatic rings. The largest absolute Gasteiger partial charge is 0.395 e. The van der Waals surface area contributed by atoms with E-state index in [1.165, 1.54) is 12.1 Å². The van der Waals surface area contributed by atoms with Gasteiger partial charge in [-0.2, -0.15) is 0 Å². The van der Waals surface area contributed by atoms with Crippen LogP contribution < -0.4 is 5.32 Å². The molecule has 1 aliphatic rings. The number of hydrogen-bond acceptors (Lipinski definition) is 6. The Morgan fingerprint density at radius 3 is 2.55 bits per heavy atom. The molecule has 2 N–H and O–H groups in total. The van der Waals surface area contributed by atoms with E-state index in [-0.39, 0.29) is 29.0 Å². The van der Waals surface area contributed by atoms with Crippen LogP contribution in [0.3, 0.4) is 0 Å². The summed E-state index contributed by atoms with van der Waals surface area (Å²) < 4.78 is 0.594. The Kier molecular flexibility index (Phi) is 4.94. The summed E-state index contributed by atoms with van der Waals surface area (Å²) in [5.74, 6) is -1.10. The first kappa shape index (κ1) is 16.6. The Labute approximate surface area is 141 Å². The number of nitrogens with one attached hydrogen (secondary N) is 1. The molecule has 1 aromatic carbocycles. The number of nitrogens with zero attached hydrogens (tertiary/aromatic N) is 2. The highest BCUT2D eigenvalue weighted by atomic mass is 79.9. The van der Waals surface area contributed by atoms with Crippen molar-refractivity contribution in [2.24, 2.45) is 0 Å². The molecule has 0 atom stereocenters. The molecular weight excluding hydrogens is 426 g/mol. The van der Waals surface area contributed by atoms with E-state index in [1.54, 1.807) is 0 Å². The maximum atomic E-state index is 12.0. The van der Waals surface area contributed by atoms with Crippen LogP contribution in [0.2, 0.25) is 0 Å². The van der Waals surface area contributed by atoms with Crippen molar-refractivity contribution in [2.45, 2.75) is 0 Å². The van der Waals surface area contributed by atoms with Crippen molar-refractivity contribution in [3.05, 3.63) is 43.0 Å². The maximum absolute atomic E-state index is 12.0. The molecule has 0 aliphatic carbocycles. The number of nitro benzene ring substituents is 1. The van der Waals surface area contributed by atoms with Gasteiger partial charge < -0.3 is 10.4 Å². The number of carbonyl (C=O) groups is 2. The minimum Gasteiger partial charge on any atom is -0.395 e. The molecular formula is C12H9Br2N3O5. The van der Waals surface area contributed by atoms with Crippen LogP contribution >= 0.6 is 31.9 Å². The standard InChI is InChI=1S/C12H9Br2N3O5/c13-6-4-10(17(21)22)7(14)3-8(6)15-9-5-11(19)16(1-2-18)12(9)20/h3-5,15,18H,1-2H2. The lowest BCUT2D eigenvalue weighted by Crippen LogP contribution is -2.34. The van der Waals surface area contributed by atoms with Gasteiger partial charge in [0.15, 0.2) is 0 Å². The monoisotopic (exact) mass is 433 g/mol. The first-order valence-corrected chi connectivity index (χ1v) is 7.52. The van der Waals surface area contributed by atoms with Crippen LogP contribution in [0.25, 0.3) is 0 Å². The minimum absolute atomic E-state index is 0.0277. The van der Waals surface area contributed by atoms with Crippen molar-refractivity contribution in [3.8, 4) is 0 Å². The van der Waals surface area contributed by atoms with Gasteiger partial charge in [0.05, 0.1) is 28.2 Å². The normalized spacial score (nSPS) is 14.3. The molecule has 1 heterocycles. The molecule has 0 bridgehead atoms. The highest BCUT2D eigenvalue weighted by molar-refractivity contribution is 9.11. The molecule has 0 spiro atoms. The number of anilines is 1. The molecule has 0 unspecified atom stereocenters. The van der Waals surface area contributed by atoms with E-state index in [0.29, 0.717) is 10.2 Å². The molecule has 0 saturated carbocycles. The zero-order valence-corrected chi connectivity index (χ0v) is 14.0. The molecule has 22 heavy (non-hydrogen) atoms. The van der Waals surface area contributed by atoms with E-state index in [0.717, 1.165) is 11.0 Å². The molecule has 2 amide bonds. The summed E-state index contributed by atoms with van der Waals surface area (Å²) in [7, 11) is 0. The summed E-state index contributed by atoms with van der Waals surface area (Å²) >= 11 is 6.25. The summed E-state index contributed by atoms with van der Waals surface area (Å²) in [5, 5.41) is 22.4. The van der Waals surface area contributed by atoms with E-state index in [9.17, 15) is 19.7 Å². The van der Waals surface area contributed by atoms with Gasteiger partial charge in [-0.3, -0.25) is 24.6 Å². The van der Waals surface area contributed by atoms with Crippen molar-refractivity contribution < 1.29 is 19.6 Å². The summed E-state index contributed by atoms with van der Waals surface area (Å²) in [6.07, 6.45) is 1.11. The van der Waals surface area contributed by atoms with Gasteiger partial charge in [0.1, 0.15) is 5.70 Å². The van der Waals surface area contributed by atoms with Crippen molar-refractivity contribution in [1.82, 2.24) is 4.90 Å². The first-order chi connectivity index (χ1) is 10.3. The molecule has 2 rings (SSSR count). The van der Waals surface area contributed by atoms with Crippen molar-refractivity contribution in [3.63, 3.8) is 0 Å². The van der Waals surface area contributed by atoms with Gasteiger partial charge in [0.2, 0.25) is 0 Å². The molecule has 0 aromatic heterocycles. The summed E-state index contributed by atoms with van der Waals surface area (Å²) in [6, 6.07) is 2.70. The summed E-state index contributed by atoms with van der Waals surface area (Å²) in [5.41, 5.74) is 0.276. The van der Waals surface area contributed by atoms with Crippen molar-refractivity contribution in [1.29, 1.82) is 0 Å². The van der Waals surface area contributed by atoms with E-state index < -0.39 is 16.7 Å². The fraction of sp³-hybridized carbons (Fsp3) is 0.167. The number of amides is 2. The number of halogens is 2. The van der Waals surface area contributed by atoms with Crippen LogP contribution in [0, 0.1) is 10.1 Å². The SMILES string of the molecule is O=C1C=C(Nc2cc(Br)c([N+](=O)[O-])cc2Br)C(=O)N1CCO. The number of imide groups is 1. The number of rotatable bonds is 5. The Bertz CT molecular complexity index is 704. The number of benzene rings is 1.